The number of para-hydroxylation sites is 2. The number of carboxylic acid groups (broad SMARTS) is 2. The number of nitriles is 2. The van der Waals surface area contributed by atoms with E-state index in [2.05, 4.69) is 15.4 Å². The second-order valence-electron chi connectivity index (χ2n) is 12.6. The van der Waals surface area contributed by atoms with Gasteiger partial charge in [-0.05, 0) is 66.7 Å². The number of nitrogens with zero attached hydrogens (tertiary/aromatic N) is 4. The number of hydrogen-bond acceptors (Lipinski definition) is 8. The fourth-order valence-electron chi connectivity index (χ4n) is 5.92. The monoisotopic (exact) mass is 816 g/mol. The molecule has 0 aliphatic heterocycles. The van der Waals surface area contributed by atoms with Crippen LogP contribution in [0.15, 0.2) is 121 Å². The van der Waals surface area contributed by atoms with Gasteiger partial charge in [-0.15, -0.1) is 0 Å². The molecule has 0 atom stereocenters. The van der Waals surface area contributed by atoms with Crippen molar-refractivity contribution in [1.82, 2.24) is 9.13 Å². The van der Waals surface area contributed by atoms with E-state index in [9.17, 15) is 47.7 Å². The summed E-state index contributed by atoms with van der Waals surface area (Å²) in [4.78, 5) is 58.9. The Kier molecular flexibility index (Phi) is 13.3. The summed E-state index contributed by atoms with van der Waals surface area (Å²) in [7, 11) is 1.25. The quantitative estimate of drug-likeness (QED) is 0.0579. The number of carbonyl (C=O) groups is 5. The molecule has 2 heterocycles. The number of benzene rings is 4. The van der Waals surface area contributed by atoms with Crippen LogP contribution in [0.4, 0.5) is 24.5 Å². The number of carboxylic acids is 2. The highest BCUT2D eigenvalue weighted by atomic mass is 19.4. The van der Waals surface area contributed by atoms with Crippen LogP contribution in [0.2, 0.25) is 0 Å². The molecule has 0 radical (unpaired) electrons. The van der Waals surface area contributed by atoms with Gasteiger partial charge < -0.3 is 34.7 Å². The number of aromatic nitrogens is 2. The predicted octanol–water partition coefficient (Wildman–Crippen LogP) is 7.35. The molecule has 14 nitrogen and oxygen atoms in total. The van der Waals surface area contributed by atoms with Crippen LogP contribution < -0.4 is 10.6 Å². The third kappa shape index (κ3) is 10.5. The number of alkyl halides is 3. The van der Waals surface area contributed by atoms with E-state index in [0.717, 1.165) is 24.3 Å². The van der Waals surface area contributed by atoms with E-state index in [0.29, 0.717) is 38.6 Å². The Morgan fingerprint density at radius 3 is 1.58 bits per heavy atom. The van der Waals surface area contributed by atoms with Crippen molar-refractivity contribution in [2.75, 3.05) is 17.7 Å². The number of ether oxygens (including phenoxy) is 1. The van der Waals surface area contributed by atoms with Crippen LogP contribution in [0, 0.1) is 22.7 Å². The standard InChI is InChI=1S/C22H17N3O5.C21H14F3N3O3/c1-30-22(29)14-5-4-6-17(10-14)24-21(28)15(11-23)9-16-12-25(13-20(26)27)19-8-3-2-7-18(16)19;22-21(23,24)15-5-7-16(8-6-15)26-20(30)13(10-25)9-14-11-27(12-19(28)29)18-4-2-1-3-17(14)18/h2-10,12H,13H2,1H3,(H,24,28)(H,26,27);1-9,11H,12H2,(H,26,30)(H,28,29)/b15-9+;. The van der Waals surface area contributed by atoms with Gasteiger partial charge in [0.05, 0.1) is 18.2 Å². The van der Waals surface area contributed by atoms with Crippen molar-refractivity contribution in [3.05, 3.63) is 143 Å². The van der Waals surface area contributed by atoms with E-state index < -0.39 is 41.5 Å². The number of esters is 1. The summed E-state index contributed by atoms with van der Waals surface area (Å²) in [5.74, 6) is -4.06. The average Bonchev–Trinajstić information content (AvgIpc) is 3.74. The lowest BCUT2D eigenvalue weighted by Crippen LogP contribution is -2.14. The van der Waals surface area contributed by atoms with Crippen molar-refractivity contribution in [2.24, 2.45) is 0 Å². The van der Waals surface area contributed by atoms with Crippen molar-refractivity contribution in [1.29, 1.82) is 10.5 Å². The highest BCUT2D eigenvalue weighted by Crippen LogP contribution is 2.30. The van der Waals surface area contributed by atoms with Crippen LogP contribution in [0.1, 0.15) is 27.0 Å². The molecule has 6 rings (SSSR count). The highest BCUT2D eigenvalue weighted by Gasteiger charge is 2.30. The van der Waals surface area contributed by atoms with E-state index in [1.807, 2.05) is 6.07 Å². The van der Waals surface area contributed by atoms with Gasteiger partial charge in [-0.2, -0.15) is 23.7 Å². The lowest BCUT2D eigenvalue weighted by molar-refractivity contribution is -0.138. The number of fused-ring (bicyclic) bond motifs is 2. The van der Waals surface area contributed by atoms with Gasteiger partial charge in [-0.3, -0.25) is 19.2 Å². The number of rotatable bonds is 11. The SMILES string of the molecule is COC(=O)c1cccc(NC(=O)/C(C#N)=C/c2cn(CC(=O)O)c3ccccc23)c1.N#CC(=Cc1cn(CC(=O)O)c2ccccc12)C(=O)Nc1ccc(C(F)(F)F)cc1. The predicted molar refractivity (Wildman–Crippen MR) is 213 cm³/mol. The molecule has 0 aliphatic rings. The van der Waals surface area contributed by atoms with E-state index in [1.54, 1.807) is 79.0 Å². The zero-order valence-electron chi connectivity index (χ0n) is 31.2. The molecule has 0 bridgehead atoms. The third-order valence-electron chi connectivity index (χ3n) is 8.59. The number of amides is 2. The molecule has 0 aliphatic carbocycles. The third-order valence-corrected chi connectivity index (χ3v) is 8.59. The molecule has 0 saturated carbocycles. The first-order valence-corrected chi connectivity index (χ1v) is 17.4. The summed E-state index contributed by atoms with van der Waals surface area (Å²) >= 11 is 0. The molecule has 2 amide bonds. The molecule has 0 saturated heterocycles. The van der Waals surface area contributed by atoms with Crippen LogP contribution in [0.3, 0.4) is 0 Å². The van der Waals surface area contributed by atoms with Crippen molar-refractivity contribution >= 4 is 75.1 Å². The van der Waals surface area contributed by atoms with Gasteiger partial charge in [0.2, 0.25) is 0 Å². The second kappa shape index (κ2) is 18.7. The number of anilines is 2. The van der Waals surface area contributed by atoms with E-state index in [4.69, 9.17) is 10.2 Å². The molecule has 6 aromatic rings. The molecule has 0 spiro atoms. The largest absolute Gasteiger partial charge is 0.480 e. The Bertz CT molecular complexity index is 2790. The molecule has 2 aromatic heterocycles. The summed E-state index contributed by atoms with van der Waals surface area (Å²) in [6, 6.07) is 27.6. The molecule has 302 valence electrons. The Labute approximate surface area is 338 Å². The summed E-state index contributed by atoms with van der Waals surface area (Å²) in [6.07, 6.45) is 1.31. The Balaban J connectivity index is 0.000000228. The fraction of sp³-hybridized carbons (Fsp3) is 0.0930. The molecule has 4 N–H and O–H groups in total. The fourth-order valence-corrected chi connectivity index (χ4v) is 5.92. The zero-order valence-corrected chi connectivity index (χ0v) is 31.2. The number of carbonyl (C=O) groups excluding carboxylic acids is 3. The Morgan fingerprint density at radius 1 is 0.683 bits per heavy atom. The van der Waals surface area contributed by atoms with E-state index in [1.165, 1.54) is 40.7 Å². The number of methoxy groups -OCH3 is 1. The van der Waals surface area contributed by atoms with Gasteiger partial charge >= 0.3 is 24.1 Å². The minimum Gasteiger partial charge on any atom is -0.480 e. The lowest BCUT2D eigenvalue weighted by atomic mass is 10.1. The summed E-state index contributed by atoms with van der Waals surface area (Å²) in [6.45, 7) is -0.545. The van der Waals surface area contributed by atoms with Crippen molar-refractivity contribution in [3.8, 4) is 12.1 Å². The summed E-state index contributed by atoms with van der Waals surface area (Å²) in [5, 5.41) is 43.4. The normalized spacial score (nSPS) is 11.4. The molecule has 0 unspecified atom stereocenters. The smallest absolute Gasteiger partial charge is 0.416 e. The lowest BCUT2D eigenvalue weighted by Gasteiger charge is -2.08. The average molecular weight is 817 g/mol. The Morgan fingerprint density at radius 2 is 1.15 bits per heavy atom. The first kappa shape index (κ1) is 42.7. The molecule has 17 heteroatoms. The summed E-state index contributed by atoms with van der Waals surface area (Å²) in [5.41, 5.74) is 1.68. The van der Waals surface area contributed by atoms with Crippen LogP contribution in [0.5, 0.6) is 0 Å². The molecular formula is C43H31F3N6O8. The van der Waals surface area contributed by atoms with Gasteiger partial charge in [0, 0.05) is 56.7 Å². The van der Waals surface area contributed by atoms with Crippen LogP contribution >= 0.6 is 0 Å². The van der Waals surface area contributed by atoms with Crippen LogP contribution in [-0.4, -0.2) is 56.2 Å². The van der Waals surface area contributed by atoms with Crippen molar-refractivity contribution in [3.63, 3.8) is 0 Å². The first-order chi connectivity index (χ1) is 28.6. The van der Waals surface area contributed by atoms with Crippen molar-refractivity contribution in [2.45, 2.75) is 19.3 Å². The maximum atomic E-state index is 12.6. The number of aliphatic carboxylic acids is 2. The minimum absolute atomic E-state index is 0.0995. The molecular weight excluding hydrogens is 786 g/mol. The van der Waals surface area contributed by atoms with E-state index in [-0.39, 0.29) is 35.5 Å². The Hall–Kier alpha value is -8.44. The zero-order chi connectivity index (χ0) is 43.6. The van der Waals surface area contributed by atoms with Gasteiger partial charge in [0.25, 0.3) is 11.8 Å². The molecule has 0 fully saturated rings. The minimum atomic E-state index is -4.50. The maximum Gasteiger partial charge on any atom is 0.416 e. The summed E-state index contributed by atoms with van der Waals surface area (Å²) < 4.78 is 45.6. The van der Waals surface area contributed by atoms with Gasteiger partial charge in [0.15, 0.2) is 0 Å². The highest BCUT2D eigenvalue weighted by molar-refractivity contribution is 6.12. The van der Waals surface area contributed by atoms with Crippen LogP contribution in [-0.2, 0) is 43.2 Å². The first-order valence-electron chi connectivity index (χ1n) is 17.4. The van der Waals surface area contributed by atoms with Gasteiger partial charge in [0.1, 0.15) is 36.4 Å². The number of halogens is 3. The number of hydrogen-bond donors (Lipinski definition) is 4. The maximum absolute atomic E-state index is 12.6. The van der Waals surface area contributed by atoms with Gasteiger partial charge in [-0.25, -0.2) is 4.79 Å². The number of nitrogens with one attached hydrogen (secondary N) is 2. The van der Waals surface area contributed by atoms with Crippen LogP contribution in [0.25, 0.3) is 34.0 Å². The second-order valence-corrected chi connectivity index (χ2v) is 12.6. The topological polar surface area (TPSA) is 217 Å². The van der Waals surface area contributed by atoms with Gasteiger partial charge in [-0.1, -0.05) is 42.5 Å². The van der Waals surface area contributed by atoms with E-state index >= 15 is 0 Å². The molecule has 60 heavy (non-hydrogen) atoms. The van der Waals surface area contributed by atoms with Crippen molar-refractivity contribution < 1.29 is 52.1 Å². The molecule has 4 aromatic carbocycles.